The van der Waals surface area contributed by atoms with Crippen molar-refractivity contribution in [2.75, 3.05) is 25.5 Å². The van der Waals surface area contributed by atoms with Crippen LogP contribution in [-0.2, 0) is 29.5 Å². The van der Waals surface area contributed by atoms with Gasteiger partial charge < -0.3 is 26.2 Å². The largest absolute Gasteiger partial charge is 0.357 e. The zero-order valence-corrected chi connectivity index (χ0v) is 24.5. The van der Waals surface area contributed by atoms with Crippen molar-refractivity contribution in [3.8, 4) is 0 Å². The Hall–Kier alpha value is -3.89. The highest BCUT2D eigenvalue weighted by molar-refractivity contribution is 6.01. The van der Waals surface area contributed by atoms with Gasteiger partial charge in [-0.3, -0.25) is 19.1 Å². The number of urea groups is 1. The molecule has 224 valence electrons. The minimum Gasteiger partial charge on any atom is -0.357 e. The summed E-state index contributed by atoms with van der Waals surface area (Å²) >= 11 is 0. The number of benzene rings is 1. The van der Waals surface area contributed by atoms with Crippen LogP contribution in [0.4, 0.5) is 10.5 Å². The van der Waals surface area contributed by atoms with Crippen LogP contribution in [0.2, 0.25) is 0 Å². The Bertz CT molecular complexity index is 1390. The zero-order valence-electron chi connectivity index (χ0n) is 24.5. The minimum atomic E-state index is -1.02. The van der Waals surface area contributed by atoms with Crippen molar-refractivity contribution in [1.82, 2.24) is 30.6 Å². The fourth-order valence-electron chi connectivity index (χ4n) is 7.52. The van der Waals surface area contributed by atoms with Gasteiger partial charge in [-0.05, 0) is 60.9 Å². The van der Waals surface area contributed by atoms with Crippen molar-refractivity contribution in [1.29, 1.82) is 0 Å². The molecule has 0 radical (unpaired) electrons. The average Bonchev–Trinajstić information content (AvgIpc) is 3.59. The fourth-order valence-corrected chi connectivity index (χ4v) is 7.52. The van der Waals surface area contributed by atoms with E-state index in [2.05, 4.69) is 26.4 Å². The highest BCUT2D eigenvalue weighted by Gasteiger charge is 2.55. The first-order valence-corrected chi connectivity index (χ1v) is 15.2. The normalized spacial score (nSPS) is 23.9. The van der Waals surface area contributed by atoms with E-state index < -0.39 is 11.6 Å². The molecule has 2 atom stereocenters. The Morgan fingerprint density at radius 2 is 1.81 bits per heavy atom. The van der Waals surface area contributed by atoms with Crippen LogP contribution in [0.25, 0.3) is 0 Å². The number of nitrogens with one attached hydrogen (secondary N) is 4. The predicted octanol–water partition coefficient (Wildman–Crippen LogP) is 2.52. The number of hydrogen-bond donors (Lipinski definition) is 4. The number of aromatic nitrogens is 2. The van der Waals surface area contributed by atoms with E-state index in [9.17, 15) is 19.2 Å². The first-order chi connectivity index (χ1) is 20.2. The summed E-state index contributed by atoms with van der Waals surface area (Å²) in [6, 6.07) is 6.47. The summed E-state index contributed by atoms with van der Waals surface area (Å²) in [5.74, 6) is -0.710. The molecule has 4 aliphatic rings. The third-order valence-corrected chi connectivity index (χ3v) is 10.1. The van der Waals surface area contributed by atoms with Crippen LogP contribution in [-0.4, -0.2) is 70.2 Å². The maximum absolute atomic E-state index is 13.7. The van der Waals surface area contributed by atoms with Gasteiger partial charge in [0.15, 0.2) is 0 Å². The third-order valence-electron chi connectivity index (χ3n) is 10.1. The molecule has 42 heavy (non-hydrogen) atoms. The van der Waals surface area contributed by atoms with Gasteiger partial charge >= 0.3 is 6.03 Å². The van der Waals surface area contributed by atoms with Crippen LogP contribution >= 0.6 is 0 Å². The number of amides is 5. The van der Waals surface area contributed by atoms with Crippen molar-refractivity contribution in [2.45, 2.75) is 75.8 Å². The Morgan fingerprint density at radius 1 is 1.05 bits per heavy atom. The molecule has 1 saturated heterocycles. The molecule has 4 N–H and O–H groups in total. The van der Waals surface area contributed by atoms with Gasteiger partial charge in [0.05, 0.1) is 0 Å². The molecule has 0 bridgehead atoms. The topological polar surface area (TPSA) is 137 Å². The molecule has 2 heterocycles. The van der Waals surface area contributed by atoms with Crippen LogP contribution in [0.15, 0.2) is 30.5 Å². The number of carbonyl (C=O) groups excluding carboxylic acids is 4. The summed E-state index contributed by atoms with van der Waals surface area (Å²) in [6.07, 6.45) is 10.6. The molecule has 6 rings (SSSR count). The number of aryl methyl sites for hydroxylation is 1. The van der Waals surface area contributed by atoms with Crippen LogP contribution in [0, 0.1) is 11.3 Å². The molecule has 1 aromatic heterocycles. The van der Waals surface area contributed by atoms with Crippen LogP contribution in [0.5, 0.6) is 0 Å². The molecular formula is C31H41N7O4. The van der Waals surface area contributed by atoms with Crippen molar-refractivity contribution in [3.05, 3.63) is 47.3 Å². The number of rotatable bonds is 7. The summed E-state index contributed by atoms with van der Waals surface area (Å²) in [4.78, 5) is 55.2. The van der Waals surface area contributed by atoms with Gasteiger partial charge in [0.25, 0.3) is 5.91 Å². The Labute approximate surface area is 246 Å². The molecule has 3 aliphatic carbocycles. The number of fused-ring (bicyclic) bond motifs is 1. The fraction of sp³-hybridized carbons (Fsp3) is 0.581. The van der Waals surface area contributed by atoms with Gasteiger partial charge in [-0.1, -0.05) is 31.7 Å². The number of nitrogens with zero attached hydrogens (tertiary/aromatic N) is 3. The molecule has 1 unspecified atom stereocenters. The SMILES string of the molecule is CNC(=O)C1(N2CC3(CCC3)CNC2=O)Cc2ccc(NC(=O)[C@@H](NC(=O)c3ccnn3C)C3CCCCC3)cc2C1. The Balaban J connectivity index is 1.22. The maximum atomic E-state index is 13.7. The van der Waals surface area contributed by atoms with E-state index in [1.165, 1.54) is 4.68 Å². The standard InChI is InChI=1S/C31H41N7O4/c1-32-28(41)31(38-19-30(12-6-13-30)18-33-29(38)42)16-21-9-10-23(15-22(21)17-31)35-27(40)25(20-7-4-3-5-8-20)36-26(39)24-11-14-34-37(24)2/h9-11,14-15,20,25H,3-8,12-13,16-19H2,1-2H3,(H,32,41)(H,33,42)(H,35,40)(H,36,39)/t25-,31?/m0/s1. The van der Waals surface area contributed by atoms with E-state index in [1.807, 2.05) is 18.2 Å². The molecular weight excluding hydrogens is 534 g/mol. The van der Waals surface area contributed by atoms with Crippen LogP contribution in [0.1, 0.15) is 73.0 Å². The highest BCUT2D eigenvalue weighted by Crippen LogP contribution is 2.46. The lowest BCUT2D eigenvalue weighted by Crippen LogP contribution is -2.70. The Kier molecular flexibility index (Phi) is 7.44. The van der Waals surface area contributed by atoms with E-state index in [-0.39, 0.29) is 35.1 Å². The molecule has 11 heteroatoms. The van der Waals surface area contributed by atoms with Crippen LogP contribution < -0.4 is 21.3 Å². The average molecular weight is 576 g/mol. The number of hydrogen-bond acceptors (Lipinski definition) is 5. The smallest absolute Gasteiger partial charge is 0.318 e. The van der Waals surface area contributed by atoms with E-state index in [0.717, 1.165) is 62.5 Å². The van der Waals surface area contributed by atoms with Crippen LogP contribution in [0.3, 0.4) is 0 Å². The first kappa shape index (κ1) is 28.2. The number of anilines is 1. The molecule has 2 aromatic rings. The van der Waals surface area contributed by atoms with E-state index in [1.54, 1.807) is 31.3 Å². The second-order valence-corrected chi connectivity index (χ2v) is 12.7. The van der Waals surface area contributed by atoms with Gasteiger partial charge in [0.1, 0.15) is 17.3 Å². The first-order valence-electron chi connectivity index (χ1n) is 15.2. The number of carbonyl (C=O) groups is 4. The van der Waals surface area contributed by atoms with Crippen molar-refractivity contribution >= 4 is 29.4 Å². The van der Waals surface area contributed by atoms with E-state index >= 15 is 0 Å². The monoisotopic (exact) mass is 575 g/mol. The zero-order chi connectivity index (χ0) is 29.5. The third kappa shape index (κ3) is 5.03. The minimum absolute atomic E-state index is 0.0386. The van der Waals surface area contributed by atoms with Crippen molar-refractivity contribution < 1.29 is 19.2 Å². The summed E-state index contributed by atoms with van der Waals surface area (Å²) in [5.41, 5.74) is 1.96. The molecule has 2 saturated carbocycles. The summed E-state index contributed by atoms with van der Waals surface area (Å²) in [7, 11) is 3.32. The molecule has 1 spiro atoms. The number of likely N-dealkylation sites (N-methyl/N-ethyl adjacent to an activating group) is 1. The van der Waals surface area contributed by atoms with Gasteiger partial charge in [-0.15, -0.1) is 0 Å². The summed E-state index contributed by atoms with van der Waals surface area (Å²) < 4.78 is 1.50. The Morgan fingerprint density at radius 3 is 2.48 bits per heavy atom. The van der Waals surface area contributed by atoms with Gasteiger partial charge in [-0.2, -0.15) is 5.10 Å². The lowest BCUT2D eigenvalue weighted by molar-refractivity contribution is -0.133. The molecule has 1 aromatic carbocycles. The predicted molar refractivity (Wildman–Crippen MR) is 157 cm³/mol. The second-order valence-electron chi connectivity index (χ2n) is 12.7. The quantitative estimate of drug-likeness (QED) is 0.402. The van der Waals surface area contributed by atoms with Gasteiger partial charge in [0, 0.05) is 57.3 Å². The van der Waals surface area contributed by atoms with Gasteiger partial charge in [0.2, 0.25) is 11.8 Å². The molecule has 11 nitrogen and oxygen atoms in total. The molecule has 3 fully saturated rings. The summed E-state index contributed by atoms with van der Waals surface area (Å²) in [5, 5.41) is 16.0. The second kappa shape index (κ2) is 11.1. The summed E-state index contributed by atoms with van der Waals surface area (Å²) in [6.45, 7) is 1.23. The maximum Gasteiger partial charge on any atom is 0.318 e. The molecule has 5 amide bonds. The van der Waals surface area contributed by atoms with E-state index in [4.69, 9.17) is 0 Å². The van der Waals surface area contributed by atoms with Crippen molar-refractivity contribution in [3.63, 3.8) is 0 Å². The lowest BCUT2D eigenvalue weighted by atomic mass is 9.67. The molecule has 1 aliphatic heterocycles. The van der Waals surface area contributed by atoms with Gasteiger partial charge in [-0.25, -0.2) is 4.79 Å². The van der Waals surface area contributed by atoms with Crippen molar-refractivity contribution in [2.24, 2.45) is 18.4 Å². The lowest BCUT2D eigenvalue weighted by Gasteiger charge is -2.53. The highest BCUT2D eigenvalue weighted by atomic mass is 16.2. The van der Waals surface area contributed by atoms with E-state index in [0.29, 0.717) is 37.3 Å².